The molecule has 0 aliphatic carbocycles. The molecule has 0 saturated heterocycles. The second kappa shape index (κ2) is 7.79. The predicted molar refractivity (Wildman–Crippen MR) is 56.4 cm³/mol. The lowest BCUT2D eigenvalue weighted by Gasteiger charge is -2.00. The van der Waals surface area contributed by atoms with Gasteiger partial charge in [-0.25, -0.2) is 0 Å². The largest absolute Gasteiger partial charge is 0.324 e. The Hall–Kier alpha value is -0.840. The van der Waals surface area contributed by atoms with Crippen LogP contribution < -0.4 is 11.1 Å². The van der Waals surface area contributed by atoms with Crippen LogP contribution in [0, 0.1) is 0 Å². The molecule has 0 atom stereocenters. The maximum atomic E-state index is 10.7. The summed E-state index contributed by atoms with van der Waals surface area (Å²) in [5.74, 6) is -0.210. The SMILES string of the molecule is Cl.Cl.NCC(=O)Nc1cccnc1. The molecular weight excluding hydrogens is 213 g/mol. The van der Waals surface area contributed by atoms with Crippen LogP contribution in [-0.2, 0) is 4.79 Å². The molecule has 0 radical (unpaired) electrons. The summed E-state index contributed by atoms with van der Waals surface area (Å²) < 4.78 is 0. The molecule has 13 heavy (non-hydrogen) atoms. The summed E-state index contributed by atoms with van der Waals surface area (Å²) in [4.78, 5) is 14.5. The Kier molecular flexibility index (Phi) is 8.79. The third-order valence-corrected chi connectivity index (χ3v) is 1.13. The van der Waals surface area contributed by atoms with Crippen molar-refractivity contribution in [1.82, 2.24) is 4.98 Å². The number of nitrogens with zero attached hydrogens (tertiary/aromatic N) is 1. The van der Waals surface area contributed by atoms with E-state index in [1.807, 2.05) is 0 Å². The quantitative estimate of drug-likeness (QED) is 0.781. The zero-order valence-electron chi connectivity index (χ0n) is 6.77. The molecule has 1 heterocycles. The van der Waals surface area contributed by atoms with E-state index in [2.05, 4.69) is 10.3 Å². The molecule has 0 aliphatic rings. The van der Waals surface area contributed by atoms with E-state index in [-0.39, 0.29) is 37.3 Å². The summed E-state index contributed by atoms with van der Waals surface area (Å²) in [5.41, 5.74) is 5.76. The lowest BCUT2D eigenvalue weighted by atomic mass is 10.4. The monoisotopic (exact) mass is 223 g/mol. The van der Waals surface area contributed by atoms with E-state index in [1.54, 1.807) is 24.5 Å². The molecule has 4 nitrogen and oxygen atoms in total. The Morgan fingerprint density at radius 2 is 2.23 bits per heavy atom. The van der Waals surface area contributed by atoms with Crippen LogP contribution in [0.15, 0.2) is 24.5 Å². The molecule has 1 aromatic rings. The van der Waals surface area contributed by atoms with Gasteiger partial charge in [0, 0.05) is 6.20 Å². The van der Waals surface area contributed by atoms with Gasteiger partial charge in [0.15, 0.2) is 0 Å². The highest BCUT2D eigenvalue weighted by Gasteiger charge is 1.96. The fourth-order valence-corrected chi connectivity index (χ4v) is 0.649. The Labute approximate surface area is 88.7 Å². The predicted octanol–water partition coefficient (Wildman–Crippen LogP) is 0.822. The van der Waals surface area contributed by atoms with Crippen LogP contribution in [0.1, 0.15) is 0 Å². The van der Waals surface area contributed by atoms with Crippen molar-refractivity contribution in [2.24, 2.45) is 5.73 Å². The molecule has 0 fully saturated rings. The fraction of sp³-hybridized carbons (Fsp3) is 0.143. The smallest absolute Gasteiger partial charge is 0.238 e. The van der Waals surface area contributed by atoms with Crippen molar-refractivity contribution in [2.45, 2.75) is 0 Å². The standard InChI is InChI=1S/C7H9N3O.2ClH/c8-4-7(11)10-6-2-1-3-9-5-6;;/h1-3,5H,4,8H2,(H,10,11);2*1H. The van der Waals surface area contributed by atoms with Gasteiger partial charge in [-0.15, -0.1) is 24.8 Å². The van der Waals surface area contributed by atoms with Gasteiger partial charge in [0.1, 0.15) is 0 Å². The Morgan fingerprint density at radius 3 is 2.69 bits per heavy atom. The Morgan fingerprint density at radius 1 is 1.54 bits per heavy atom. The minimum Gasteiger partial charge on any atom is -0.324 e. The summed E-state index contributed by atoms with van der Waals surface area (Å²) in [6.45, 7) is -0.00507. The van der Waals surface area contributed by atoms with Crippen LogP contribution in [0.5, 0.6) is 0 Å². The van der Waals surface area contributed by atoms with Crippen molar-refractivity contribution in [3.8, 4) is 0 Å². The molecule has 6 heteroatoms. The number of hydrogen-bond acceptors (Lipinski definition) is 3. The second-order valence-corrected chi connectivity index (χ2v) is 1.99. The first-order valence-electron chi connectivity index (χ1n) is 3.23. The van der Waals surface area contributed by atoms with Gasteiger partial charge in [-0.05, 0) is 12.1 Å². The summed E-state index contributed by atoms with van der Waals surface area (Å²) >= 11 is 0. The lowest BCUT2D eigenvalue weighted by Crippen LogP contribution is -2.21. The number of aromatic nitrogens is 1. The number of amides is 1. The molecule has 1 aromatic heterocycles. The van der Waals surface area contributed by atoms with Gasteiger partial charge in [0.2, 0.25) is 5.91 Å². The average molecular weight is 224 g/mol. The summed E-state index contributed by atoms with van der Waals surface area (Å²) in [7, 11) is 0. The summed E-state index contributed by atoms with van der Waals surface area (Å²) in [5, 5.41) is 2.57. The van der Waals surface area contributed by atoms with Crippen LogP contribution >= 0.6 is 24.8 Å². The first-order valence-corrected chi connectivity index (χ1v) is 3.23. The minimum atomic E-state index is -0.210. The lowest BCUT2D eigenvalue weighted by molar-refractivity contribution is -0.114. The molecule has 74 valence electrons. The van der Waals surface area contributed by atoms with Crippen molar-refractivity contribution < 1.29 is 4.79 Å². The topological polar surface area (TPSA) is 68.0 Å². The third-order valence-electron chi connectivity index (χ3n) is 1.13. The van der Waals surface area contributed by atoms with Crippen LogP contribution in [0.3, 0.4) is 0 Å². The van der Waals surface area contributed by atoms with Gasteiger partial charge in [-0.2, -0.15) is 0 Å². The van der Waals surface area contributed by atoms with Crippen LogP contribution in [0.4, 0.5) is 5.69 Å². The average Bonchev–Trinajstić information content (AvgIpc) is 2.06. The van der Waals surface area contributed by atoms with E-state index in [4.69, 9.17) is 5.73 Å². The zero-order chi connectivity index (χ0) is 8.10. The number of rotatable bonds is 2. The number of pyridine rings is 1. The minimum absolute atomic E-state index is 0. The van der Waals surface area contributed by atoms with Gasteiger partial charge < -0.3 is 11.1 Å². The first-order chi connectivity index (χ1) is 5.33. The van der Waals surface area contributed by atoms with Crippen molar-refractivity contribution >= 4 is 36.4 Å². The van der Waals surface area contributed by atoms with Gasteiger partial charge in [0.25, 0.3) is 0 Å². The summed E-state index contributed by atoms with van der Waals surface area (Å²) in [6.07, 6.45) is 3.20. The first kappa shape index (κ1) is 14.7. The number of carbonyl (C=O) groups excluding carboxylic acids is 1. The molecule has 1 rings (SSSR count). The number of nitrogens with two attached hydrogens (primary N) is 1. The van der Waals surface area contributed by atoms with E-state index in [1.165, 1.54) is 0 Å². The molecule has 0 unspecified atom stereocenters. The number of anilines is 1. The Bertz CT molecular complexity index is 243. The number of nitrogens with one attached hydrogen (secondary N) is 1. The number of carbonyl (C=O) groups is 1. The second-order valence-electron chi connectivity index (χ2n) is 1.99. The van der Waals surface area contributed by atoms with Crippen molar-refractivity contribution in [2.75, 3.05) is 11.9 Å². The highest BCUT2D eigenvalue weighted by Crippen LogP contribution is 2.00. The molecule has 0 aliphatic heterocycles. The van der Waals surface area contributed by atoms with E-state index >= 15 is 0 Å². The van der Waals surface area contributed by atoms with E-state index < -0.39 is 0 Å². The normalized spacial score (nSPS) is 7.77. The molecule has 1 amide bonds. The molecule has 0 spiro atoms. The maximum Gasteiger partial charge on any atom is 0.238 e. The van der Waals surface area contributed by atoms with E-state index in [0.717, 1.165) is 0 Å². The van der Waals surface area contributed by atoms with Gasteiger partial charge in [0.05, 0.1) is 18.4 Å². The maximum absolute atomic E-state index is 10.7. The van der Waals surface area contributed by atoms with E-state index in [0.29, 0.717) is 5.69 Å². The van der Waals surface area contributed by atoms with Gasteiger partial charge >= 0.3 is 0 Å². The highest BCUT2D eigenvalue weighted by molar-refractivity contribution is 5.91. The summed E-state index contributed by atoms with van der Waals surface area (Å²) in [6, 6.07) is 3.49. The molecule has 0 aromatic carbocycles. The van der Waals surface area contributed by atoms with Crippen LogP contribution in [-0.4, -0.2) is 17.4 Å². The van der Waals surface area contributed by atoms with Crippen LogP contribution in [0.2, 0.25) is 0 Å². The van der Waals surface area contributed by atoms with Crippen molar-refractivity contribution in [3.05, 3.63) is 24.5 Å². The van der Waals surface area contributed by atoms with Gasteiger partial charge in [-0.1, -0.05) is 0 Å². The number of halogens is 2. The molecule has 0 saturated carbocycles. The van der Waals surface area contributed by atoms with E-state index in [9.17, 15) is 4.79 Å². The third kappa shape index (κ3) is 5.41. The molecular formula is C7H11Cl2N3O. The van der Waals surface area contributed by atoms with Crippen molar-refractivity contribution in [3.63, 3.8) is 0 Å². The van der Waals surface area contributed by atoms with Crippen molar-refractivity contribution in [1.29, 1.82) is 0 Å². The molecule has 0 bridgehead atoms. The zero-order valence-corrected chi connectivity index (χ0v) is 8.40. The number of hydrogen-bond donors (Lipinski definition) is 2. The Balaban J connectivity index is 0. The van der Waals surface area contributed by atoms with Gasteiger partial charge in [-0.3, -0.25) is 9.78 Å². The highest BCUT2D eigenvalue weighted by atomic mass is 35.5. The van der Waals surface area contributed by atoms with Crippen LogP contribution in [0.25, 0.3) is 0 Å². The molecule has 3 N–H and O–H groups in total. The fourth-order valence-electron chi connectivity index (χ4n) is 0.649.